The first kappa shape index (κ1) is 23.1. The topological polar surface area (TPSA) is 91.4 Å². The zero-order chi connectivity index (χ0) is 25.4. The molecule has 0 saturated heterocycles. The van der Waals surface area contributed by atoms with E-state index in [-0.39, 0.29) is 18.9 Å². The number of benzene rings is 3. The Labute approximate surface area is 217 Å². The predicted octanol–water partition coefficient (Wildman–Crippen LogP) is 6.43. The minimum Gasteiger partial charge on any atom is -0.480 e. The lowest BCUT2D eigenvalue weighted by Gasteiger charge is -2.17. The summed E-state index contributed by atoms with van der Waals surface area (Å²) in [4.78, 5) is 28.1. The number of carbonyl (C=O) groups is 2. The zero-order valence-electron chi connectivity index (χ0n) is 19.8. The second kappa shape index (κ2) is 9.59. The van der Waals surface area contributed by atoms with Crippen molar-refractivity contribution < 1.29 is 19.4 Å². The molecule has 7 heteroatoms. The number of aromatic amines is 1. The summed E-state index contributed by atoms with van der Waals surface area (Å²) in [6.07, 6.45) is 1.20. The van der Waals surface area contributed by atoms with Crippen LogP contribution in [0.4, 0.5) is 4.79 Å². The van der Waals surface area contributed by atoms with E-state index in [9.17, 15) is 14.7 Å². The van der Waals surface area contributed by atoms with E-state index in [1.165, 1.54) is 0 Å². The van der Waals surface area contributed by atoms with Crippen molar-refractivity contribution in [2.24, 2.45) is 0 Å². The lowest BCUT2D eigenvalue weighted by molar-refractivity contribution is -0.139. The Balaban J connectivity index is 1.17. The van der Waals surface area contributed by atoms with Crippen molar-refractivity contribution in [2.45, 2.75) is 18.4 Å². The maximum atomic E-state index is 12.7. The third kappa shape index (κ3) is 4.27. The number of nitrogens with one attached hydrogen (secondary N) is 2. The number of H-pyrrole nitrogens is 1. The first-order valence-electron chi connectivity index (χ1n) is 12.1. The highest BCUT2D eigenvalue weighted by Gasteiger charge is 2.30. The van der Waals surface area contributed by atoms with Crippen molar-refractivity contribution in [2.75, 3.05) is 6.61 Å². The Morgan fingerprint density at radius 3 is 2.32 bits per heavy atom. The number of thiophene rings is 1. The van der Waals surface area contributed by atoms with Crippen LogP contribution in [0.3, 0.4) is 0 Å². The highest BCUT2D eigenvalue weighted by Crippen LogP contribution is 2.44. The number of para-hydroxylation sites is 1. The van der Waals surface area contributed by atoms with Crippen LogP contribution in [-0.4, -0.2) is 34.8 Å². The number of fused-ring (bicyclic) bond motifs is 4. The summed E-state index contributed by atoms with van der Waals surface area (Å²) >= 11 is 1.62. The van der Waals surface area contributed by atoms with E-state index in [1.54, 1.807) is 11.3 Å². The van der Waals surface area contributed by atoms with Crippen LogP contribution in [0, 0.1) is 0 Å². The third-order valence-electron chi connectivity index (χ3n) is 6.99. The summed E-state index contributed by atoms with van der Waals surface area (Å²) in [7, 11) is 0. The van der Waals surface area contributed by atoms with E-state index >= 15 is 0 Å². The molecule has 0 aliphatic heterocycles. The molecule has 1 aliphatic carbocycles. The molecule has 0 fully saturated rings. The number of ether oxygens (including phenoxy) is 1. The molecule has 6 rings (SSSR count). The quantitative estimate of drug-likeness (QED) is 0.236. The summed E-state index contributed by atoms with van der Waals surface area (Å²) in [5, 5.41) is 17.5. The van der Waals surface area contributed by atoms with Gasteiger partial charge in [0.1, 0.15) is 12.6 Å². The van der Waals surface area contributed by atoms with Gasteiger partial charge in [-0.2, -0.15) is 11.3 Å². The Kier molecular flexibility index (Phi) is 5.98. The molecule has 3 aromatic carbocycles. The lowest BCUT2D eigenvalue weighted by Crippen LogP contribution is -2.42. The number of carboxylic acids is 1. The number of alkyl carbamates (subject to hydrolysis) is 1. The summed E-state index contributed by atoms with van der Waals surface area (Å²) in [5.41, 5.74) is 8.41. The second-order valence-electron chi connectivity index (χ2n) is 9.12. The Bertz CT molecular complexity index is 1560. The molecule has 1 unspecified atom stereocenters. The molecular formula is C30H24N2O4S. The van der Waals surface area contributed by atoms with Crippen LogP contribution >= 0.6 is 11.3 Å². The SMILES string of the molecule is O=C(NC(Cc1c[nH]c2c(-c3ccsc3)cccc12)C(=O)O)OCC1c2ccccc2-c2ccccc21. The molecular weight excluding hydrogens is 484 g/mol. The molecule has 0 radical (unpaired) electrons. The Morgan fingerprint density at radius 2 is 1.65 bits per heavy atom. The number of hydrogen-bond acceptors (Lipinski definition) is 4. The molecule has 37 heavy (non-hydrogen) atoms. The van der Waals surface area contributed by atoms with Gasteiger partial charge in [0.15, 0.2) is 0 Å². The van der Waals surface area contributed by atoms with Crippen LogP contribution in [0.2, 0.25) is 0 Å². The molecule has 0 spiro atoms. The number of amides is 1. The maximum Gasteiger partial charge on any atom is 0.407 e. The Hall–Kier alpha value is -4.36. The maximum absolute atomic E-state index is 12.7. The first-order chi connectivity index (χ1) is 18.1. The fourth-order valence-electron chi connectivity index (χ4n) is 5.24. The fourth-order valence-corrected chi connectivity index (χ4v) is 5.90. The van der Waals surface area contributed by atoms with E-state index in [0.29, 0.717) is 0 Å². The van der Waals surface area contributed by atoms with Gasteiger partial charge in [-0.1, -0.05) is 66.7 Å². The number of carbonyl (C=O) groups excluding carboxylic acids is 1. The zero-order valence-corrected chi connectivity index (χ0v) is 20.6. The lowest BCUT2D eigenvalue weighted by atomic mass is 9.98. The third-order valence-corrected chi connectivity index (χ3v) is 7.67. The molecule has 1 aliphatic rings. The molecule has 3 N–H and O–H groups in total. The van der Waals surface area contributed by atoms with Crippen molar-refractivity contribution >= 4 is 34.3 Å². The summed E-state index contributed by atoms with van der Waals surface area (Å²) in [6.45, 7) is 0.128. The van der Waals surface area contributed by atoms with Crippen molar-refractivity contribution in [3.63, 3.8) is 0 Å². The molecule has 6 nitrogen and oxygen atoms in total. The van der Waals surface area contributed by atoms with Gasteiger partial charge in [-0.05, 0) is 50.2 Å². The summed E-state index contributed by atoms with van der Waals surface area (Å²) in [6, 6.07) is 23.1. The normalized spacial score (nSPS) is 13.2. The van der Waals surface area contributed by atoms with Gasteiger partial charge in [0.05, 0.1) is 5.52 Å². The van der Waals surface area contributed by atoms with Gasteiger partial charge < -0.3 is 20.1 Å². The van der Waals surface area contributed by atoms with Crippen LogP contribution < -0.4 is 5.32 Å². The smallest absolute Gasteiger partial charge is 0.407 e. The van der Waals surface area contributed by atoms with Crippen LogP contribution in [0.15, 0.2) is 89.8 Å². The predicted molar refractivity (Wildman–Crippen MR) is 145 cm³/mol. The van der Waals surface area contributed by atoms with Gasteiger partial charge in [-0.25, -0.2) is 9.59 Å². The number of hydrogen-bond donors (Lipinski definition) is 3. The molecule has 0 bridgehead atoms. The highest BCUT2D eigenvalue weighted by atomic mass is 32.1. The molecule has 0 saturated carbocycles. The standard InChI is InChI=1S/C30H24N2O4S/c33-29(34)27(14-19-15-31-28-20(10-5-11-21(19)28)18-12-13-37-17-18)32-30(35)36-16-26-24-8-3-1-6-22(24)23-7-2-4-9-25(23)26/h1-13,15,17,26-27,31H,14,16H2,(H,32,35)(H,33,34). The monoisotopic (exact) mass is 508 g/mol. The second-order valence-corrected chi connectivity index (χ2v) is 9.90. The minimum atomic E-state index is -1.13. The molecule has 2 aromatic heterocycles. The number of aliphatic carboxylic acids is 1. The average Bonchev–Trinajstić information content (AvgIpc) is 3.65. The fraction of sp³-hybridized carbons (Fsp3) is 0.133. The van der Waals surface area contributed by atoms with Crippen LogP contribution in [0.25, 0.3) is 33.2 Å². The van der Waals surface area contributed by atoms with Crippen LogP contribution in [0.1, 0.15) is 22.6 Å². The van der Waals surface area contributed by atoms with E-state index in [2.05, 4.69) is 33.9 Å². The number of rotatable bonds is 7. The van der Waals surface area contributed by atoms with Crippen LogP contribution in [-0.2, 0) is 16.0 Å². The largest absolute Gasteiger partial charge is 0.480 e. The van der Waals surface area contributed by atoms with Gasteiger partial charge in [-0.3, -0.25) is 0 Å². The van der Waals surface area contributed by atoms with E-state index < -0.39 is 18.1 Å². The van der Waals surface area contributed by atoms with Gasteiger partial charge >= 0.3 is 12.1 Å². The van der Waals surface area contributed by atoms with Crippen molar-refractivity contribution in [3.05, 3.63) is 106 Å². The first-order valence-corrected chi connectivity index (χ1v) is 13.0. The minimum absolute atomic E-state index is 0.0921. The van der Waals surface area contributed by atoms with E-state index in [4.69, 9.17) is 4.74 Å². The van der Waals surface area contributed by atoms with Gasteiger partial charge in [0.25, 0.3) is 0 Å². The molecule has 2 heterocycles. The van der Waals surface area contributed by atoms with Crippen LogP contribution in [0.5, 0.6) is 0 Å². The van der Waals surface area contributed by atoms with E-state index in [1.807, 2.05) is 66.2 Å². The Morgan fingerprint density at radius 1 is 0.946 bits per heavy atom. The summed E-state index contributed by atoms with van der Waals surface area (Å²) < 4.78 is 5.58. The molecule has 184 valence electrons. The van der Waals surface area contributed by atoms with Gasteiger partial charge in [-0.15, -0.1) is 0 Å². The molecule has 1 atom stereocenters. The van der Waals surface area contributed by atoms with Crippen molar-refractivity contribution in [1.82, 2.24) is 10.3 Å². The highest BCUT2D eigenvalue weighted by molar-refractivity contribution is 7.08. The van der Waals surface area contributed by atoms with E-state index in [0.717, 1.165) is 49.8 Å². The summed E-state index contributed by atoms with van der Waals surface area (Å²) in [5.74, 6) is -1.21. The number of aromatic nitrogens is 1. The van der Waals surface area contributed by atoms with Gasteiger partial charge in [0.2, 0.25) is 0 Å². The number of carboxylic acid groups (broad SMARTS) is 1. The van der Waals surface area contributed by atoms with Crippen molar-refractivity contribution in [3.8, 4) is 22.3 Å². The molecule has 1 amide bonds. The molecule has 5 aromatic rings. The van der Waals surface area contributed by atoms with Crippen molar-refractivity contribution in [1.29, 1.82) is 0 Å². The average molecular weight is 509 g/mol. The van der Waals surface area contributed by atoms with Gasteiger partial charge in [0, 0.05) is 29.5 Å².